The molecular weight excluding hydrogens is 400 g/mol. The van der Waals surface area contributed by atoms with Gasteiger partial charge in [0.15, 0.2) is 0 Å². The average Bonchev–Trinajstić information content (AvgIpc) is 3.10. The molecule has 1 amide bonds. The van der Waals surface area contributed by atoms with E-state index in [1.54, 1.807) is 16.2 Å². The number of aromatic nitrogens is 1. The Hall–Kier alpha value is -2.55. The molecule has 28 heavy (non-hydrogen) atoms. The van der Waals surface area contributed by atoms with E-state index in [9.17, 15) is 14.9 Å². The number of quaternary nitrogens is 1. The van der Waals surface area contributed by atoms with Gasteiger partial charge in [-0.25, -0.2) is 4.98 Å². The van der Waals surface area contributed by atoms with Crippen LogP contribution in [0.25, 0.3) is 10.2 Å². The molecule has 0 radical (unpaired) electrons. The molecule has 0 unspecified atom stereocenters. The maximum Gasteiger partial charge on any atom is 0.288 e. The minimum atomic E-state index is -0.570. The van der Waals surface area contributed by atoms with E-state index in [1.807, 2.05) is 18.2 Å². The van der Waals surface area contributed by atoms with Crippen molar-refractivity contribution in [3.05, 3.63) is 68.2 Å². The zero-order valence-electron chi connectivity index (χ0n) is 14.9. The van der Waals surface area contributed by atoms with Crippen LogP contribution in [0.15, 0.2) is 42.5 Å². The lowest BCUT2D eigenvalue weighted by Crippen LogP contribution is -3.13. The van der Waals surface area contributed by atoms with Crippen LogP contribution in [0, 0.1) is 10.1 Å². The highest BCUT2D eigenvalue weighted by Crippen LogP contribution is 2.25. The van der Waals surface area contributed by atoms with Crippen LogP contribution in [0.4, 0.5) is 5.69 Å². The third-order valence-corrected chi connectivity index (χ3v) is 6.24. The van der Waals surface area contributed by atoms with Gasteiger partial charge >= 0.3 is 0 Å². The zero-order valence-corrected chi connectivity index (χ0v) is 16.5. The van der Waals surface area contributed by atoms with Crippen molar-refractivity contribution >= 4 is 44.7 Å². The topological polar surface area (TPSA) is 80.8 Å². The van der Waals surface area contributed by atoms with Gasteiger partial charge in [0.05, 0.1) is 41.3 Å². The molecule has 4 rings (SSSR count). The lowest BCUT2D eigenvalue weighted by molar-refractivity contribution is -0.917. The largest absolute Gasteiger partial charge is 0.327 e. The first-order valence-corrected chi connectivity index (χ1v) is 10.1. The summed E-state index contributed by atoms with van der Waals surface area (Å²) in [6, 6.07) is 12.3. The van der Waals surface area contributed by atoms with Crippen molar-refractivity contribution in [1.29, 1.82) is 0 Å². The fourth-order valence-electron chi connectivity index (χ4n) is 3.38. The molecule has 7 nitrogen and oxygen atoms in total. The number of fused-ring (bicyclic) bond motifs is 1. The Labute approximate surface area is 170 Å². The van der Waals surface area contributed by atoms with Crippen LogP contribution in [0.5, 0.6) is 0 Å². The smallest absolute Gasteiger partial charge is 0.288 e. The molecule has 0 saturated carbocycles. The minimum Gasteiger partial charge on any atom is -0.327 e. The third-order valence-electron chi connectivity index (χ3n) is 4.89. The Balaban J connectivity index is 1.39. The number of hydrogen-bond donors (Lipinski definition) is 1. The molecule has 1 fully saturated rings. The average molecular weight is 418 g/mol. The number of rotatable bonds is 4. The fourth-order valence-corrected chi connectivity index (χ4v) is 4.61. The van der Waals surface area contributed by atoms with Crippen molar-refractivity contribution in [3.8, 4) is 0 Å². The van der Waals surface area contributed by atoms with E-state index in [2.05, 4.69) is 11.1 Å². The molecule has 2 aromatic carbocycles. The third kappa shape index (κ3) is 3.84. The number of benzene rings is 2. The molecule has 3 aromatic rings. The predicted octanol–water partition coefficient (Wildman–Crippen LogP) is 2.40. The van der Waals surface area contributed by atoms with E-state index in [-0.39, 0.29) is 16.6 Å². The summed E-state index contributed by atoms with van der Waals surface area (Å²) in [7, 11) is 0. The van der Waals surface area contributed by atoms with E-state index in [1.165, 1.54) is 27.8 Å². The molecule has 144 valence electrons. The van der Waals surface area contributed by atoms with E-state index >= 15 is 0 Å². The van der Waals surface area contributed by atoms with Gasteiger partial charge in [0, 0.05) is 11.6 Å². The van der Waals surface area contributed by atoms with Crippen molar-refractivity contribution in [2.75, 3.05) is 26.2 Å². The van der Waals surface area contributed by atoms with Crippen LogP contribution in [0.3, 0.4) is 0 Å². The van der Waals surface area contributed by atoms with Gasteiger partial charge in [0.25, 0.3) is 11.6 Å². The van der Waals surface area contributed by atoms with Crippen molar-refractivity contribution in [3.63, 3.8) is 0 Å². The lowest BCUT2D eigenvalue weighted by Gasteiger charge is -2.31. The monoisotopic (exact) mass is 417 g/mol. The van der Waals surface area contributed by atoms with Crippen molar-refractivity contribution in [1.82, 2.24) is 9.88 Å². The minimum absolute atomic E-state index is 0.0339. The van der Waals surface area contributed by atoms with E-state index < -0.39 is 4.92 Å². The van der Waals surface area contributed by atoms with E-state index in [4.69, 9.17) is 11.6 Å². The second-order valence-corrected chi connectivity index (χ2v) is 8.24. The highest BCUT2D eigenvalue weighted by atomic mass is 35.5. The summed E-state index contributed by atoms with van der Waals surface area (Å²) in [6.45, 7) is 3.69. The van der Waals surface area contributed by atoms with Gasteiger partial charge < -0.3 is 9.80 Å². The number of nitro benzene ring substituents is 1. The predicted molar refractivity (Wildman–Crippen MR) is 108 cm³/mol. The quantitative estimate of drug-likeness (QED) is 0.522. The second kappa shape index (κ2) is 7.83. The number of nitrogens with zero attached hydrogens (tertiary/aromatic N) is 3. The normalized spacial score (nSPS) is 15.1. The molecule has 1 aliphatic rings. The summed E-state index contributed by atoms with van der Waals surface area (Å²) in [4.78, 5) is 31.0. The van der Waals surface area contributed by atoms with Crippen molar-refractivity contribution < 1.29 is 14.6 Å². The summed E-state index contributed by atoms with van der Waals surface area (Å²) < 4.78 is 1.19. The first-order valence-electron chi connectivity index (χ1n) is 8.92. The van der Waals surface area contributed by atoms with Gasteiger partial charge in [-0.2, -0.15) is 0 Å². The maximum absolute atomic E-state index is 12.7. The molecule has 0 aliphatic carbocycles. The number of hydrogen-bond acceptors (Lipinski definition) is 5. The van der Waals surface area contributed by atoms with Crippen LogP contribution in [-0.2, 0) is 6.54 Å². The SMILES string of the molecule is O=C(c1ccc(Cl)c([N+](=O)[O-])c1)N1CC[NH+](Cc2nc3ccccc3s2)CC1. The number of nitro groups is 1. The van der Waals surface area contributed by atoms with Crippen LogP contribution in [0.2, 0.25) is 5.02 Å². The molecule has 1 N–H and O–H groups in total. The molecule has 1 saturated heterocycles. The Kier molecular flexibility index (Phi) is 5.25. The molecule has 1 aromatic heterocycles. The van der Waals surface area contributed by atoms with Gasteiger partial charge in [-0.15, -0.1) is 11.3 Å². The fraction of sp³-hybridized carbons (Fsp3) is 0.263. The Morgan fingerprint density at radius 1 is 1.25 bits per heavy atom. The number of nitrogens with one attached hydrogen (secondary N) is 1. The zero-order chi connectivity index (χ0) is 19.7. The number of piperazine rings is 1. The number of para-hydroxylation sites is 1. The van der Waals surface area contributed by atoms with Crippen molar-refractivity contribution in [2.45, 2.75) is 6.54 Å². The van der Waals surface area contributed by atoms with Crippen LogP contribution < -0.4 is 4.90 Å². The first-order chi connectivity index (χ1) is 13.5. The maximum atomic E-state index is 12.7. The summed E-state index contributed by atoms with van der Waals surface area (Å²) in [5, 5.41) is 12.2. The Morgan fingerprint density at radius 3 is 2.71 bits per heavy atom. The number of amides is 1. The Bertz CT molecular complexity index is 1010. The highest BCUT2D eigenvalue weighted by Gasteiger charge is 2.26. The molecule has 0 bridgehead atoms. The summed E-state index contributed by atoms with van der Waals surface area (Å²) >= 11 is 7.54. The van der Waals surface area contributed by atoms with Crippen LogP contribution >= 0.6 is 22.9 Å². The highest BCUT2D eigenvalue weighted by molar-refractivity contribution is 7.18. The van der Waals surface area contributed by atoms with Gasteiger partial charge in [-0.05, 0) is 24.3 Å². The summed E-state index contributed by atoms with van der Waals surface area (Å²) in [5.74, 6) is -0.196. The Morgan fingerprint density at radius 2 is 2.00 bits per heavy atom. The van der Waals surface area contributed by atoms with Gasteiger partial charge in [-0.3, -0.25) is 14.9 Å². The number of halogens is 1. The van der Waals surface area contributed by atoms with Crippen molar-refractivity contribution in [2.24, 2.45) is 0 Å². The molecule has 0 spiro atoms. The van der Waals surface area contributed by atoms with Crippen LogP contribution in [0.1, 0.15) is 15.4 Å². The van der Waals surface area contributed by atoms with Crippen LogP contribution in [-0.4, -0.2) is 46.9 Å². The molecular formula is C19H18ClN4O3S+. The van der Waals surface area contributed by atoms with Gasteiger partial charge in [0.2, 0.25) is 0 Å². The van der Waals surface area contributed by atoms with E-state index in [0.717, 1.165) is 30.2 Å². The molecule has 0 atom stereocenters. The standard InChI is InChI=1S/C19H17ClN4O3S/c20-14-6-5-13(11-16(14)24(26)27)19(25)23-9-7-22(8-10-23)12-18-21-15-3-1-2-4-17(15)28-18/h1-6,11H,7-10,12H2/p+1. The van der Waals surface area contributed by atoms with Gasteiger partial charge in [-0.1, -0.05) is 23.7 Å². The molecule has 9 heteroatoms. The first kappa shape index (κ1) is 18.8. The summed E-state index contributed by atoms with van der Waals surface area (Å²) in [6.07, 6.45) is 0. The number of thiazole rings is 1. The second-order valence-electron chi connectivity index (χ2n) is 6.72. The lowest BCUT2D eigenvalue weighted by atomic mass is 10.1. The van der Waals surface area contributed by atoms with E-state index in [0.29, 0.717) is 18.7 Å². The summed E-state index contributed by atoms with van der Waals surface area (Å²) in [5.41, 5.74) is 1.08. The number of carbonyl (C=O) groups is 1. The molecule has 2 heterocycles. The number of carbonyl (C=O) groups excluding carboxylic acids is 1. The molecule has 1 aliphatic heterocycles. The van der Waals surface area contributed by atoms with Gasteiger partial charge in [0.1, 0.15) is 16.6 Å².